The fourth-order valence-corrected chi connectivity index (χ4v) is 2.80. The summed E-state index contributed by atoms with van der Waals surface area (Å²) in [6, 6.07) is 7.97. The number of nitrogens with zero attached hydrogens (tertiary/aromatic N) is 1. The van der Waals surface area contributed by atoms with Crippen molar-refractivity contribution in [3.8, 4) is 0 Å². The Morgan fingerprint density at radius 3 is 2.71 bits per heavy atom. The van der Waals surface area contributed by atoms with Crippen molar-refractivity contribution in [2.75, 3.05) is 6.54 Å². The summed E-state index contributed by atoms with van der Waals surface area (Å²) < 4.78 is 0. The zero-order chi connectivity index (χ0) is 11.7. The van der Waals surface area contributed by atoms with Gasteiger partial charge in [-0.15, -0.1) is 0 Å². The van der Waals surface area contributed by atoms with Crippen molar-refractivity contribution in [1.29, 1.82) is 0 Å². The van der Waals surface area contributed by atoms with Crippen molar-refractivity contribution in [2.24, 2.45) is 5.73 Å². The van der Waals surface area contributed by atoms with Crippen molar-refractivity contribution in [2.45, 2.75) is 51.2 Å². The molecule has 1 aliphatic carbocycles. The van der Waals surface area contributed by atoms with E-state index in [1.165, 1.54) is 44.3 Å². The van der Waals surface area contributed by atoms with E-state index in [9.17, 15) is 0 Å². The first-order valence-electron chi connectivity index (χ1n) is 6.91. The summed E-state index contributed by atoms with van der Waals surface area (Å²) in [5, 5.41) is 0. The van der Waals surface area contributed by atoms with Gasteiger partial charge in [0.1, 0.15) is 0 Å². The smallest absolute Gasteiger partial charge is 0.0243 e. The molecule has 1 fully saturated rings. The van der Waals surface area contributed by atoms with Crippen LogP contribution in [0.5, 0.6) is 0 Å². The van der Waals surface area contributed by atoms with Gasteiger partial charge in [0.05, 0.1) is 0 Å². The molecule has 2 heteroatoms. The highest BCUT2D eigenvalue weighted by Crippen LogP contribution is 2.34. The largest absolute Gasteiger partial charge is 0.330 e. The van der Waals surface area contributed by atoms with E-state index in [1.807, 2.05) is 0 Å². The standard InChI is InChI=1S/C15H22N2/c16-8-2-1-3-12-4-5-13-10-17(15-6-7-15)11-14(13)9-12/h4-5,9,15H,1-3,6-8,10-11,16H2. The Morgan fingerprint density at radius 2 is 1.94 bits per heavy atom. The van der Waals surface area contributed by atoms with Gasteiger partial charge in [-0.2, -0.15) is 0 Å². The summed E-state index contributed by atoms with van der Waals surface area (Å²) in [5.41, 5.74) is 10.2. The van der Waals surface area contributed by atoms with Crippen LogP contribution in [0.4, 0.5) is 0 Å². The minimum Gasteiger partial charge on any atom is -0.330 e. The third-order valence-electron chi connectivity index (χ3n) is 4.00. The SMILES string of the molecule is NCCCCc1ccc2c(c1)CN(C1CC1)C2. The first-order valence-corrected chi connectivity index (χ1v) is 6.91. The molecule has 1 aliphatic heterocycles. The number of aryl methyl sites for hydroxylation is 1. The first kappa shape index (κ1) is 11.2. The van der Waals surface area contributed by atoms with E-state index >= 15 is 0 Å². The lowest BCUT2D eigenvalue weighted by atomic mass is 10.0. The van der Waals surface area contributed by atoms with Gasteiger partial charge in [-0.25, -0.2) is 0 Å². The van der Waals surface area contributed by atoms with Gasteiger partial charge in [-0.1, -0.05) is 18.2 Å². The van der Waals surface area contributed by atoms with Crippen LogP contribution in [0.25, 0.3) is 0 Å². The molecule has 0 saturated heterocycles. The molecule has 0 unspecified atom stereocenters. The second kappa shape index (κ2) is 4.79. The Morgan fingerprint density at radius 1 is 1.12 bits per heavy atom. The maximum atomic E-state index is 5.53. The maximum absolute atomic E-state index is 5.53. The minimum absolute atomic E-state index is 0.820. The number of rotatable bonds is 5. The second-order valence-corrected chi connectivity index (χ2v) is 5.49. The van der Waals surface area contributed by atoms with Crippen molar-refractivity contribution in [3.63, 3.8) is 0 Å². The van der Waals surface area contributed by atoms with Crippen LogP contribution in [0.1, 0.15) is 42.4 Å². The Kier molecular flexibility index (Phi) is 3.17. The minimum atomic E-state index is 0.820. The lowest BCUT2D eigenvalue weighted by molar-refractivity contribution is 0.273. The van der Waals surface area contributed by atoms with Crippen LogP contribution in [0.15, 0.2) is 18.2 Å². The first-order chi connectivity index (χ1) is 8.36. The van der Waals surface area contributed by atoms with Gasteiger partial charge in [0.2, 0.25) is 0 Å². The van der Waals surface area contributed by atoms with Crippen molar-refractivity contribution in [3.05, 3.63) is 34.9 Å². The van der Waals surface area contributed by atoms with Gasteiger partial charge in [0.15, 0.2) is 0 Å². The zero-order valence-electron chi connectivity index (χ0n) is 10.5. The lowest BCUT2D eigenvalue weighted by Crippen LogP contribution is -2.18. The summed E-state index contributed by atoms with van der Waals surface area (Å²) in [4.78, 5) is 2.63. The van der Waals surface area contributed by atoms with Crippen LogP contribution in [0, 0.1) is 0 Å². The Balaban J connectivity index is 1.64. The normalized spacial score (nSPS) is 19.6. The predicted octanol–water partition coefficient (Wildman–Crippen LogP) is 2.45. The quantitative estimate of drug-likeness (QED) is 0.787. The fraction of sp³-hybridized carbons (Fsp3) is 0.600. The molecule has 0 aromatic heterocycles. The lowest BCUT2D eigenvalue weighted by Gasteiger charge is -2.11. The number of benzene rings is 1. The highest BCUT2D eigenvalue weighted by Gasteiger charge is 2.32. The molecule has 1 aromatic carbocycles. The molecule has 17 heavy (non-hydrogen) atoms. The number of hydrogen-bond acceptors (Lipinski definition) is 2. The van der Waals surface area contributed by atoms with E-state index in [0.717, 1.165) is 19.0 Å². The summed E-state index contributed by atoms with van der Waals surface area (Å²) in [7, 11) is 0. The highest BCUT2D eigenvalue weighted by molar-refractivity contribution is 5.35. The zero-order valence-corrected chi connectivity index (χ0v) is 10.5. The summed E-state index contributed by atoms with van der Waals surface area (Å²) in [5.74, 6) is 0. The number of unbranched alkanes of at least 4 members (excludes halogenated alkanes) is 1. The Hall–Kier alpha value is -0.860. The van der Waals surface area contributed by atoms with Crippen molar-refractivity contribution < 1.29 is 0 Å². The second-order valence-electron chi connectivity index (χ2n) is 5.49. The van der Waals surface area contributed by atoms with Crippen LogP contribution >= 0.6 is 0 Å². The molecule has 2 aliphatic rings. The number of hydrogen-bond donors (Lipinski definition) is 1. The highest BCUT2D eigenvalue weighted by atomic mass is 15.2. The molecule has 3 rings (SSSR count). The third-order valence-corrected chi connectivity index (χ3v) is 4.00. The molecule has 2 nitrogen and oxygen atoms in total. The van der Waals surface area contributed by atoms with Crippen LogP contribution in [-0.2, 0) is 19.5 Å². The van der Waals surface area contributed by atoms with Gasteiger partial charge in [-0.05, 0) is 55.3 Å². The summed E-state index contributed by atoms with van der Waals surface area (Å²) >= 11 is 0. The molecule has 0 atom stereocenters. The third kappa shape index (κ3) is 2.53. The molecule has 92 valence electrons. The molecule has 2 N–H and O–H groups in total. The van der Waals surface area contributed by atoms with E-state index in [2.05, 4.69) is 23.1 Å². The molecule has 1 heterocycles. The van der Waals surface area contributed by atoms with E-state index in [-0.39, 0.29) is 0 Å². The summed E-state index contributed by atoms with van der Waals surface area (Å²) in [6.07, 6.45) is 6.38. The number of fused-ring (bicyclic) bond motifs is 1. The van der Waals surface area contributed by atoms with Gasteiger partial charge in [0.25, 0.3) is 0 Å². The Bertz CT molecular complexity index is 396. The topological polar surface area (TPSA) is 29.3 Å². The van der Waals surface area contributed by atoms with Crippen LogP contribution in [0.2, 0.25) is 0 Å². The molecular weight excluding hydrogens is 208 g/mol. The number of nitrogens with two attached hydrogens (primary N) is 1. The molecule has 1 aromatic rings. The van der Waals surface area contributed by atoms with Crippen LogP contribution in [-0.4, -0.2) is 17.5 Å². The molecule has 0 amide bonds. The van der Waals surface area contributed by atoms with E-state index in [0.29, 0.717) is 0 Å². The van der Waals surface area contributed by atoms with Crippen molar-refractivity contribution in [1.82, 2.24) is 4.90 Å². The van der Waals surface area contributed by atoms with Crippen LogP contribution in [0.3, 0.4) is 0 Å². The van der Waals surface area contributed by atoms with Crippen molar-refractivity contribution >= 4 is 0 Å². The van der Waals surface area contributed by atoms with Gasteiger partial charge < -0.3 is 5.73 Å². The average Bonchev–Trinajstić information content (AvgIpc) is 3.10. The van der Waals surface area contributed by atoms with Gasteiger partial charge in [0, 0.05) is 19.1 Å². The van der Waals surface area contributed by atoms with Gasteiger partial charge >= 0.3 is 0 Å². The molecule has 0 spiro atoms. The van der Waals surface area contributed by atoms with E-state index < -0.39 is 0 Å². The van der Waals surface area contributed by atoms with Gasteiger partial charge in [-0.3, -0.25) is 4.90 Å². The Labute approximate surface area is 104 Å². The average molecular weight is 230 g/mol. The molecule has 1 saturated carbocycles. The molecule has 0 bridgehead atoms. The van der Waals surface area contributed by atoms with E-state index in [1.54, 1.807) is 11.1 Å². The predicted molar refractivity (Wildman–Crippen MR) is 70.7 cm³/mol. The molecule has 0 radical (unpaired) electrons. The fourth-order valence-electron chi connectivity index (χ4n) is 2.80. The van der Waals surface area contributed by atoms with E-state index in [4.69, 9.17) is 5.73 Å². The molecular formula is C15H22N2. The maximum Gasteiger partial charge on any atom is 0.0243 e. The van der Waals surface area contributed by atoms with Crippen LogP contribution < -0.4 is 5.73 Å². The summed E-state index contributed by atoms with van der Waals surface area (Å²) in [6.45, 7) is 3.19. The monoisotopic (exact) mass is 230 g/mol.